The quantitative estimate of drug-likeness (QED) is 0.834. The molecule has 4 nitrogen and oxygen atoms in total. The molecule has 1 aromatic carbocycles. The Hall–Kier alpha value is -2.02. The number of nitrogens with zero attached hydrogens (tertiary/aromatic N) is 3. The number of benzene rings is 1. The van der Waals surface area contributed by atoms with Crippen LogP contribution in [0.5, 0.6) is 0 Å². The Kier molecular flexibility index (Phi) is 4.94. The lowest BCUT2D eigenvalue weighted by atomic mass is 10.0. The fourth-order valence-electron chi connectivity index (χ4n) is 1.87. The predicted octanol–water partition coefficient (Wildman–Crippen LogP) is 2.43. The van der Waals surface area contributed by atoms with Gasteiger partial charge in [0, 0.05) is 32.7 Å². The Labute approximate surface area is 115 Å². The van der Waals surface area contributed by atoms with Crippen LogP contribution in [0.4, 0.5) is 5.69 Å². The van der Waals surface area contributed by atoms with Gasteiger partial charge in [0.15, 0.2) is 0 Å². The molecule has 0 N–H and O–H groups in total. The second kappa shape index (κ2) is 6.24. The molecular formula is C15H21N3O. The van der Waals surface area contributed by atoms with Gasteiger partial charge in [-0.05, 0) is 17.7 Å². The maximum atomic E-state index is 12.0. The molecule has 102 valence electrons. The highest BCUT2D eigenvalue weighted by Crippen LogP contribution is 2.22. The fraction of sp³-hybridized carbons (Fsp3) is 0.467. The molecule has 1 atom stereocenters. The molecule has 0 saturated carbocycles. The minimum Gasteiger partial charge on any atom is -0.378 e. The van der Waals surface area contributed by atoms with Crippen LogP contribution < -0.4 is 4.90 Å². The first-order chi connectivity index (χ1) is 8.88. The van der Waals surface area contributed by atoms with Crippen molar-refractivity contribution >= 4 is 11.6 Å². The summed E-state index contributed by atoms with van der Waals surface area (Å²) in [6.45, 7) is 3.67. The maximum absolute atomic E-state index is 12.0. The van der Waals surface area contributed by atoms with E-state index in [1.807, 2.05) is 57.1 Å². The van der Waals surface area contributed by atoms with E-state index in [1.165, 1.54) is 4.90 Å². The SMILES string of the molecule is CC(C)C(=O)N(C)C(C#N)c1ccc(N(C)C)cc1. The van der Waals surface area contributed by atoms with Gasteiger partial charge in [0.25, 0.3) is 0 Å². The molecule has 4 heteroatoms. The van der Waals surface area contributed by atoms with Gasteiger partial charge in [-0.25, -0.2) is 0 Å². The number of nitriles is 1. The third-order valence-corrected chi connectivity index (χ3v) is 3.08. The van der Waals surface area contributed by atoms with Crippen LogP contribution in [0.3, 0.4) is 0 Å². The summed E-state index contributed by atoms with van der Waals surface area (Å²) in [5, 5.41) is 9.30. The molecule has 1 aromatic rings. The van der Waals surface area contributed by atoms with Crippen LogP contribution in [0, 0.1) is 17.2 Å². The first-order valence-electron chi connectivity index (χ1n) is 6.32. The Bertz CT molecular complexity index is 471. The molecule has 0 aliphatic heterocycles. The minimum absolute atomic E-state index is 0.0248. The summed E-state index contributed by atoms with van der Waals surface area (Å²) >= 11 is 0. The first kappa shape index (κ1) is 15.0. The minimum atomic E-state index is -0.536. The normalized spacial score (nSPS) is 11.8. The summed E-state index contributed by atoms with van der Waals surface area (Å²) in [7, 11) is 5.60. The summed E-state index contributed by atoms with van der Waals surface area (Å²) < 4.78 is 0. The lowest BCUT2D eigenvalue weighted by Gasteiger charge is -2.25. The van der Waals surface area contributed by atoms with E-state index >= 15 is 0 Å². The number of carbonyl (C=O) groups is 1. The zero-order valence-electron chi connectivity index (χ0n) is 12.2. The van der Waals surface area contributed by atoms with Crippen molar-refractivity contribution in [2.75, 3.05) is 26.0 Å². The van der Waals surface area contributed by atoms with E-state index in [4.69, 9.17) is 0 Å². The van der Waals surface area contributed by atoms with Gasteiger partial charge in [0.05, 0.1) is 6.07 Å². The van der Waals surface area contributed by atoms with Gasteiger partial charge in [-0.2, -0.15) is 5.26 Å². The van der Waals surface area contributed by atoms with E-state index in [-0.39, 0.29) is 11.8 Å². The van der Waals surface area contributed by atoms with Crippen molar-refractivity contribution in [3.8, 4) is 6.07 Å². The monoisotopic (exact) mass is 259 g/mol. The standard InChI is InChI=1S/C15H21N3O/c1-11(2)15(19)18(5)14(10-16)12-6-8-13(9-7-12)17(3)4/h6-9,11,14H,1-5H3. The van der Waals surface area contributed by atoms with Crippen LogP contribution in [-0.2, 0) is 4.79 Å². The lowest BCUT2D eigenvalue weighted by molar-refractivity contribution is -0.134. The number of anilines is 1. The molecule has 0 aromatic heterocycles. The van der Waals surface area contributed by atoms with Crippen LogP contribution in [0.15, 0.2) is 24.3 Å². The van der Waals surface area contributed by atoms with Crippen molar-refractivity contribution < 1.29 is 4.79 Å². The van der Waals surface area contributed by atoms with Gasteiger partial charge in [0.2, 0.25) is 5.91 Å². The third-order valence-electron chi connectivity index (χ3n) is 3.08. The molecule has 0 aliphatic carbocycles. The molecule has 1 unspecified atom stereocenters. The zero-order chi connectivity index (χ0) is 14.6. The molecule has 0 radical (unpaired) electrons. The van der Waals surface area contributed by atoms with Gasteiger partial charge in [-0.15, -0.1) is 0 Å². The summed E-state index contributed by atoms with van der Waals surface area (Å²) in [5.74, 6) is -0.134. The second-order valence-corrected chi connectivity index (χ2v) is 5.12. The topological polar surface area (TPSA) is 47.3 Å². The number of amides is 1. The number of hydrogen-bond donors (Lipinski definition) is 0. The average Bonchev–Trinajstić information content (AvgIpc) is 2.38. The Morgan fingerprint density at radius 1 is 1.16 bits per heavy atom. The Morgan fingerprint density at radius 2 is 1.68 bits per heavy atom. The van der Waals surface area contributed by atoms with Crippen molar-refractivity contribution in [1.82, 2.24) is 4.90 Å². The third kappa shape index (κ3) is 3.47. The van der Waals surface area contributed by atoms with Crippen molar-refractivity contribution in [1.29, 1.82) is 5.26 Å². The smallest absolute Gasteiger partial charge is 0.226 e. The molecule has 0 aliphatic rings. The van der Waals surface area contributed by atoms with Gasteiger partial charge >= 0.3 is 0 Å². The van der Waals surface area contributed by atoms with Gasteiger partial charge in [-0.3, -0.25) is 4.79 Å². The van der Waals surface area contributed by atoms with Crippen molar-refractivity contribution in [3.63, 3.8) is 0 Å². The fourth-order valence-corrected chi connectivity index (χ4v) is 1.87. The number of hydrogen-bond acceptors (Lipinski definition) is 3. The van der Waals surface area contributed by atoms with Gasteiger partial charge < -0.3 is 9.80 Å². The molecule has 0 heterocycles. The van der Waals surface area contributed by atoms with E-state index in [0.717, 1.165) is 11.3 Å². The van der Waals surface area contributed by atoms with Crippen LogP contribution in [0.2, 0.25) is 0 Å². The summed E-state index contributed by atoms with van der Waals surface area (Å²) in [6.07, 6.45) is 0. The Morgan fingerprint density at radius 3 is 2.05 bits per heavy atom. The molecule has 0 bridgehead atoms. The van der Waals surface area contributed by atoms with E-state index in [9.17, 15) is 10.1 Å². The molecule has 0 fully saturated rings. The van der Waals surface area contributed by atoms with Crippen LogP contribution >= 0.6 is 0 Å². The molecule has 0 spiro atoms. The van der Waals surface area contributed by atoms with Gasteiger partial charge in [-0.1, -0.05) is 26.0 Å². The van der Waals surface area contributed by atoms with Gasteiger partial charge in [0.1, 0.15) is 6.04 Å². The lowest BCUT2D eigenvalue weighted by Crippen LogP contribution is -2.33. The molecule has 19 heavy (non-hydrogen) atoms. The highest BCUT2D eigenvalue weighted by molar-refractivity contribution is 5.78. The zero-order valence-corrected chi connectivity index (χ0v) is 12.2. The Balaban J connectivity index is 2.98. The second-order valence-electron chi connectivity index (χ2n) is 5.12. The largest absolute Gasteiger partial charge is 0.378 e. The summed E-state index contributed by atoms with van der Waals surface area (Å²) in [4.78, 5) is 15.5. The number of carbonyl (C=O) groups excluding carboxylic acids is 1. The highest BCUT2D eigenvalue weighted by atomic mass is 16.2. The van der Waals surface area contributed by atoms with E-state index in [2.05, 4.69) is 6.07 Å². The van der Waals surface area contributed by atoms with Crippen molar-refractivity contribution in [3.05, 3.63) is 29.8 Å². The maximum Gasteiger partial charge on any atom is 0.226 e. The average molecular weight is 259 g/mol. The van der Waals surface area contributed by atoms with Crippen LogP contribution in [-0.4, -0.2) is 32.0 Å². The summed E-state index contributed by atoms with van der Waals surface area (Å²) in [6, 6.07) is 9.35. The summed E-state index contributed by atoms with van der Waals surface area (Å²) in [5.41, 5.74) is 1.91. The van der Waals surface area contributed by atoms with Crippen LogP contribution in [0.25, 0.3) is 0 Å². The van der Waals surface area contributed by atoms with E-state index < -0.39 is 6.04 Å². The molecule has 0 saturated heterocycles. The van der Waals surface area contributed by atoms with Crippen molar-refractivity contribution in [2.45, 2.75) is 19.9 Å². The van der Waals surface area contributed by atoms with Crippen molar-refractivity contribution in [2.24, 2.45) is 5.92 Å². The first-order valence-corrected chi connectivity index (χ1v) is 6.32. The predicted molar refractivity (Wildman–Crippen MR) is 76.7 cm³/mol. The molecule has 1 amide bonds. The van der Waals surface area contributed by atoms with E-state index in [0.29, 0.717) is 0 Å². The highest BCUT2D eigenvalue weighted by Gasteiger charge is 2.23. The molecule has 1 rings (SSSR count). The van der Waals surface area contributed by atoms with Crippen LogP contribution in [0.1, 0.15) is 25.5 Å². The molecular weight excluding hydrogens is 238 g/mol. The number of rotatable bonds is 4. The van der Waals surface area contributed by atoms with E-state index in [1.54, 1.807) is 7.05 Å².